The summed E-state index contributed by atoms with van der Waals surface area (Å²) >= 11 is 0. The number of benzene rings is 2. The predicted octanol–water partition coefficient (Wildman–Crippen LogP) is 2.87. The van der Waals surface area contributed by atoms with E-state index in [1.54, 1.807) is 12.1 Å². The minimum absolute atomic E-state index is 0.624. The van der Waals surface area contributed by atoms with Gasteiger partial charge in [0.15, 0.2) is 0 Å². The molecule has 1 aliphatic heterocycles. The third-order valence-corrected chi connectivity index (χ3v) is 2.89. The first-order chi connectivity index (χ1) is 8.27. The van der Waals surface area contributed by atoms with Crippen molar-refractivity contribution in [3.63, 3.8) is 0 Å². The summed E-state index contributed by atoms with van der Waals surface area (Å²) in [5, 5.41) is 9.19. The Kier molecular flexibility index (Phi) is 2.11. The fraction of sp³-hybridized carbons (Fsp3) is 0.0714. The second kappa shape index (κ2) is 3.63. The largest absolute Gasteiger partial charge is 0.478 e. The van der Waals surface area contributed by atoms with E-state index in [0.717, 1.165) is 11.1 Å². The molecule has 0 spiro atoms. The molecule has 2 aromatic carbocycles. The molecule has 1 atom stereocenters. The molecule has 1 unspecified atom stereocenters. The molecule has 17 heavy (non-hydrogen) atoms. The number of rotatable bonds is 1. The van der Waals surface area contributed by atoms with E-state index in [9.17, 15) is 9.90 Å². The molecule has 0 radical (unpaired) electrons. The van der Waals surface area contributed by atoms with E-state index >= 15 is 0 Å². The Labute approximate surface area is 98.3 Å². The zero-order valence-corrected chi connectivity index (χ0v) is 8.96. The molecule has 3 heteroatoms. The van der Waals surface area contributed by atoms with E-state index in [1.807, 2.05) is 36.4 Å². The maximum Gasteiger partial charge on any atom is 0.349 e. The lowest BCUT2D eigenvalue weighted by Gasteiger charge is -2.25. The summed E-state index contributed by atoms with van der Waals surface area (Å²) in [4.78, 5) is 11.2. The summed E-state index contributed by atoms with van der Waals surface area (Å²) < 4.78 is 5.52. The molecule has 0 saturated heterocycles. The van der Waals surface area contributed by atoms with Gasteiger partial charge in [-0.1, -0.05) is 42.5 Å². The zero-order chi connectivity index (χ0) is 11.8. The Morgan fingerprint density at radius 1 is 1.00 bits per heavy atom. The highest BCUT2D eigenvalue weighted by atomic mass is 16.5. The van der Waals surface area contributed by atoms with Crippen molar-refractivity contribution in [2.75, 3.05) is 0 Å². The number of carboxylic acid groups (broad SMARTS) is 1. The topological polar surface area (TPSA) is 46.5 Å². The van der Waals surface area contributed by atoms with Gasteiger partial charge >= 0.3 is 5.97 Å². The first kappa shape index (κ1) is 9.90. The second-order valence-electron chi connectivity index (χ2n) is 3.92. The van der Waals surface area contributed by atoms with E-state index in [4.69, 9.17) is 4.74 Å². The number of ether oxygens (including phenoxy) is 1. The molecule has 0 saturated carbocycles. The highest BCUT2D eigenvalue weighted by molar-refractivity contribution is 5.84. The van der Waals surface area contributed by atoms with Crippen molar-refractivity contribution in [2.45, 2.75) is 6.10 Å². The Morgan fingerprint density at radius 3 is 2.41 bits per heavy atom. The van der Waals surface area contributed by atoms with E-state index in [-0.39, 0.29) is 0 Å². The van der Waals surface area contributed by atoms with Crippen LogP contribution in [0.5, 0.6) is 5.75 Å². The summed E-state index contributed by atoms with van der Waals surface area (Å²) in [5.41, 5.74) is 2.58. The normalized spacial score (nSPS) is 16.6. The molecule has 3 nitrogen and oxygen atoms in total. The lowest BCUT2D eigenvalue weighted by Crippen LogP contribution is -2.22. The van der Waals surface area contributed by atoms with Crippen LogP contribution in [0.2, 0.25) is 0 Å². The molecule has 3 rings (SSSR count). The molecule has 0 aliphatic carbocycles. The van der Waals surface area contributed by atoms with Gasteiger partial charge in [0, 0.05) is 11.1 Å². The van der Waals surface area contributed by atoms with Gasteiger partial charge in [-0.2, -0.15) is 0 Å². The van der Waals surface area contributed by atoms with Crippen molar-refractivity contribution in [1.29, 1.82) is 0 Å². The number of hydrogen-bond acceptors (Lipinski definition) is 2. The van der Waals surface area contributed by atoms with Crippen molar-refractivity contribution in [1.82, 2.24) is 0 Å². The predicted molar refractivity (Wildman–Crippen MR) is 62.9 cm³/mol. The summed E-state index contributed by atoms with van der Waals surface area (Å²) in [5.74, 6) is -0.342. The van der Waals surface area contributed by atoms with Crippen molar-refractivity contribution in [3.8, 4) is 16.9 Å². The summed E-state index contributed by atoms with van der Waals surface area (Å²) in [6.07, 6.45) is -0.916. The first-order valence-corrected chi connectivity index (χ1v) is 5.35. The molecule has 0 aromatic heterocycles. The van der Waals surface area contributed by atoms with E-state index in [1.165, 1.54) is 0 Å². The van der Waals surface area contributed by atoms with Gasteiger partial charge in [0.25, 0.3) is 0 Å². The van der Waals surface area contributed by atoms with Gasteiger partial charge in [-0.25, -0.2) is 4.79 Å². The number of carbonyl (C=O) groups is 1. The minimum atomic E-state index is -0.966. The lowest BCUT2D eigenvalue weighted by molar-refractivity contribution is -0.145. The van der Waals surface area contributed by atoms with Crippen LogP contribution < -0.4 is 4.74 Å². The Bertz CT molecular complexity index is 590. The average Bonchev–Trinajstić information content (AvgIpc) is 2.37. The molecule has 84 valence electrons. The standard InChI is InChI=1S/C14H10O3/c15-14(16)13-11-7-2-1-5-9(11)10-6-3-4-8-12(10)17-13/h1-8,13H,(H,15,16). The van der Waals surface area contributed by atoms with Gasteiger partial charge in [-0.15, -0.1) is 0 Å². The fourth-order valence-electron chi connectivity index (χ4n) is 2.14. The number of hydrogen-bond donors (Lipinski definition) is 1. The van der Waals surface area contributed by atoms with Crippen LogP contribution in [0.3, 0.4) is 0 Å². The van der Waals surface area contributed by atoms with Crippen LogP contribution in [0.15, 0.2) is 48.5 Å². The maximum atomic E-state index is 11.2. The van der Waals surface area contributed by atoms with E-state index in [0.29, 0.717) is 11.3 Å². The highest BCUT2D eigenvalue weighted by Crippen LogP contribution is 2.41. The first-order valence-electron chi connectivity index (χ1n) is 5.35. The zero-order valence-electron chi connectivity index (χ0n) is 8.96. The van der Waals surface area contributed by atoms with Crippen LogP contribution in [-0.2, 0) is 4.79 Å². The van der Waals surface area contributed by atoms with E-state index in [2.05, 4.69) is 0 Å². The Morgan fingerprint density at radius 2 is 1.65 bits per heavy atom. The number of carboxylic acids is 1. The Hall–Kier alpha value is -2.29. The van der Waals surface area contributed by atoms with Crippen molar-refractivity contribution in [2.24, 2.45) is 0 Å². The Balaban J connectivity index is 2.26. The van der Waals surface area contributed by atoms with Crippen molar-refractivity contribution >= 4 is 5.97 Å². The third kappa shape index (κ3) is 1.47. The van der Waals surface area contributed by atoms with Gasteiger partial charge in [-0.05, 0) is 11.6 Å². The van der Waals surface area contributed by atoms with Crippen LogP contribution in [0.25, 0.3) is 11.1 Å². The highest BCUT2D eigenvalue weighted by Gasteiger charge is 2.30. The molecular weight excluding hydrogens is 216 g/mol. The molecule has 1 aliphatic rings. The van der Waals surface area contributed by atoms with Gasteiger partial charge in [0.1, 0.15) is 5.75 Å². The van der Waals surface area contributed by atoms with Gasteiger partial charge in [0.05, 0.1) is 0 Å². The third-order valence-electron chi connectivity index (χ3n) is 2.89. The van der Waals surface area contributed by atoms with Gasteiger partial charge in [-0.3, -0.25) is 0 Å². The molecule has 2 aromatic rings. The van der Waals surface area contributed by atoms with Gasteiger partial charge in [0.2, 0.25) is 6.10 Å². The lowest BCUT2D eigenvalue weighted by atomic mass is 9.93. The molecule has 0 fully saturated rings. The van der Waals surface area contributed by atoms with Crippen molar-refractivity contribution in [3.05, 3.63) is 54.1 Å². The summed E-state index contributed by atoms with van der Waals surface area (Å²) in [6.45, 7) is 0. The van der Waals surface area contributed by atoms with Crippen LogP contribution in [0.1, 0.15) is 11.7 Å². The number of aliphatic carboxylic acids is 1. The second-order valence-corrected chi connectivity index (χ2v) is 3.92. The monoisotopic (exact) mass is 226 g/mol. The van der Waals surface area contributed by atoms with Crippen LogP contribution >= 0.6 is 0 Å². The summed E-state index contributed by atoms with van der Waals surface area (Å²) in [6, 6.07) is 14.9. The van der Waals surface area contributed by atoms with Gasteiger partial charge < -0.3 is 9.84 Å². The maximum absolute atomic E-state index is 11.2. The summed E-state index contributed by atoms with van der Waals surface area (Å²) in [7, 11) is 0. The molecule has 1 N–H and O–H groups in total. The fourth-order valence-corrected chi connectivity index (χ4v) is 2.14. The quantitative estimate of drug-likeness (QED) is 0.813. The van der Waals surface area contributed by atoms with E-state index < -0.39 is 12.1 Å². The molecule has 0 amide bonds. The molecular formula is C14H10O3. The van der Waals surface area contributed by atoms with Crippen molar-refractivity contribution < 1.29 is 14.6 Å². The van der Waals surface area contributed by atoms with Crippen LogP contribution in [-0.4, -0.2) is 11.1 Å². The molecule has 1 heterocycles. The SMILES string of the molecule is O=C(O)C1Oc2ccccc2-c2ccccc21. The number of para-hydroxylation sites is 1. The molecule has 0 bridgehead atoms. The minimum Gasteiger partial charge on any atom is -0.478 e. The number of fused-ring (bicyclic) bond motifs is 3. The average molecular weight is 226 g/mol. The van der Waals surface area contributed by atoms with Crippen LogP contribution in [0.4, 0.5) is 0 Å². The van der Waals surface area contributed by atoms with Crippen LogP contribution in [0, 0.1) is 0 Å². The smallest absolute Gasteiger partial charge is 0.349 e.